The van der Waals surface area contributed by atoms with E-state index in [1.807, 2.05) is 12.3 Å². The fourth-order valence-corrected chi connectivity index (χ4v) is 1.94. The Kier molecular flexibility index (Phi) is 5.42. The molecule has 0 saturated carbocycles. The summed E-state index contributed by atoms with van der Waals surface area (Å²) in [6, 6.07) is 0.427. The third kappa shape index (κ3) is 4.72. The summed E-state index contributed by atoms with van der Waals surface area (Å²) in [7, 11) is 0. The van der Waals surface area contributed by atoms with Crippen LogP contribution in [-0.2, 0) is 4.79 Å². The zero-order chi connectivity index (χ0) is 12.0. The van der Waals surface area contributed by atoms with Crippen LogP contribution in [-0.4, -0.2) is 23.5 Å². The van der Waals surface area contributed by atoms with E-state index in [0.717, 1.165) is 5.01 Å². The Labute approximate surface area is 100 Å². The highest BCUT2D eigenvalue weighted by Crippen LogP contribution is 2.14. The molecule has 0 fully saturated rings. The van der Waals surface area contributed by atoms with Gasteiger partial charge in [-0.05, 0) is 6.92 Å². The van der Waals surface area contributed by atoms with E-state index in [2.05, 4.69) is 29.5 Å². The van der Waals surface area contributed by atoms with E-state index in [4.69, 9.17) is 0 Å². The van der Waals surface area contributed by atoms with Crippen LogP contribution in [0, 0.1) is 0 Å². The zero-order valence-corrected chi connectivity index (χ0v) is 10.8. The van der Waals surface area contributed by atoms with Gasteiger partial charge in [-0.15, -0.1) is 11.3 Å². The van der Waals surface area contributed by atoms with Crippen LogP contribution in [0.25, 0.3) is 0 Å². The van der Waals surface area contributed by atoms with Crippen molar-refractivity contribution in [1.29, 1.82) is 0 Å². The maximum Gasteiger partial charge on any atom is 0.221 e. The van der Waals surface area contributed by atoms with E-state index in [0.29, 0.717) is 19.0 Å². The summed E-state index contributed by atoms with van der Waals surface area (Å²) in [6.07, 6.45) is 2.26. The van der Waals surface area contributed by atoms with Crippen molar-refractivity contribution >= 4 is 17.2 Å². The molecule has 1 heterocycles. The lowest BCUT2D eigenvalue weighted by Crippen LogP contribution is -2.31. The lowest BCUT2D eigenvalue weighted by molar-refractivity contribution is -0.121. The first-order valence-electron chi connectivity index (χ1n) is 5.51. The summed E-state index contributed by atoms with van der Waals surface area (Å²) in [5.41, 5.74) is 0. The molecular weight excluding hydrogens is 222 g/mol. The lowest BCUT2D eigenvalue weighted by atomic mass is 10.3. The van der Waals surface area contributed by atoms with Gasteiger partial charge < -0.3 is 10.6 Å². The Hall–Kier alpha value is -0.940. The van der Waals surface area contributed by atoms with Gasteiger partial charge in [-0.1, -0.05) is 13.8 Å². The first-order chi connectivity index (χ1) is 7.59. The van der Waals surface area contributed by atoms with Gasteiger partial charge in [-0.3, -0.25) is 4.79 Å². The molecule has 1 amide bonds. The van der Waals surface area contributed by atoms with Crippen molar-refractivity contribution < 1.29 is 4.79 Å². The summed E-state index contributed by atoms with van der Waals surface area (Å²) >= 11 is 1.56. The second-order valence-corrected chi connectivity index (χ2v) is 4.94. The van der Waals surface area contributed by atoms with Crippen LogP contribution in [0.1, 0.15) is 38.2 Å². The van der Waals surface area contributed by atoms with Gasteiger partial charge in [0.15, 0.2) is 0 Å². The molecule has 5 heteroatoms. The van der Waals surface area contributed by atoms with Crippen molar-refractivity contribution in [2.24, 2.45) is 0 Å². The molecule has 0 spiro atoms. The molecule has 0 radical (unpaired) electrons. The van der Waals surface area contributed by atoms with Gasteiger partial charge in [0.05, 0.1) is 6.04 Å². The normalized spacial score (nSPS) is 12.8. The molecule has 90 valence electrons. The van der Waals surface area contributed by atoms with Crippen LogP contribution < -0.4 is 10.6 Å². The van der Waals surface area contributed by atoms with Gasteiger partial charge in [0, 0.05) is 30.6 Å². The van der Waals surface area contributed by atoms with Crippen molar-refractivity contribution in [2.45, 2.75) is 39.3 Å². The standard InChI is InChI=1S/C11H19N3OS/c1-8(2)12-5-4-10(15)14-9(3)11-13-6-7-16-11/h6-9,12H,4-5H2,1-3H3,(H,14,15). The van der Waals surface area contributed by atoms with Crippen molar-refractivity contribution in [3.63, 3.8) is 0 Å². The number of thiazole rings is 1. The minimum Gasteiger partial charge on any atom is -0.347 e. The second kappa shape index (κ2) is 6.60. The molecule has 1 aromatic rings. The number of aromatic nitrogens is 1. The maximum atomic E-state index is 11.6. The van der Waals surface area contributed by atoms with E-state index < -0.39 is 0 Å². The molecule has 1 aromatic heterocycles. The molecule has 0 bridgehead atoms. The first kappa shape index (κ1) is 13.1. The maximum absolute atomic E-state index is 11.6. The average molecular weight is 241 g/mol. The Balaban J connectivity index is 2.24. The molecule has 2 N–H and O–H groups in total. The van der Waals surface area contributed by atoms with Crippen LogP contribution >= 0.6 is 11.3 Å². The SMILES string of the molecule is CC(C)NCCC(=O)NC(C)c1nccs1. The molecule has 0 aliphatic carbocycles. The Morgan fingerprint density at radius 2 is 2.25 bits per heavy atom. The van der Waals surface area contributed by atoms with Crippen molar-refractivity contribution in [1.82, 2.24) is 15.6 Å². The molecule has 16 heavy (non-hydrogen) atoms. The number of rotatable bonds is 6. The molecular formula is C11H19N3OS. The number of carbonyl (C=O) groups is 1. The number of hydrogen-bond acceptors (Lipinski definition) is 4. The third-order valence-corrected chi connectivity index (χ3v) is 3.06. The predicted molar refractivity (Wildman–Crippen MR) is 66.4 cm³/mol. The van der Waals surface area contributed by atoms with Gasteiger partial charge in [0.25, 0.3) is 0 Å². The number of nitrogens with one attached hydrogen (secondary N) is 2. The highest BCUT2D eigenvalue weighted by Gasteiger charge is 2.10. The number of carbonyl (C=O) groups excluding carboxylic acids is 1. The average Bonchev–Trinajstić information content (AvgIpc) is 2.69. The van der Waals surface area contributed by atoms with E-state index in [1.165, 1.54) is 0 Å². The van der Waals surface area contributed by atoms with Crippen LogP contribution in [0.2, 0.25) is 0 Å². The fourth-order valence-electron chi connectivity index (χ4n) is 1.30. The number of nitrogens with zero attached hydrogens (tertiary/aromatic N) is 1. The summed E-state index contributed by atoms with van der Waals surface area (Å²) < 4.78 is 0. The van der Waals surface area contributed by atoms with Crippen LogP contribution in [0.3, 0.4) is 0 Å². The molecule has 0 saturated heterocycles. The monoisotopic (exact) mass is 241 g/mol. The minimum atomic E-state index is 0.00606. The molecule has 0 aliphatic heterocycles. The zero-order valence-electron chi connectivity index (χ0n) is 9.99. The minimum absolute atomic E-state index is 0.00606. The van der Waals surface area contributed by atoms with Gasteiger partial charge in [-0.25, -0.2) is 4.98 Å². The molecule has 1 unspecified atom stereocenters. The lowest BCUT2D eigenvalue weighted by Gasteiger charge is -2.12. The van der Waals surface area contributed by atoms with Gasteiger partial charge in [-0.2, -0.15) is 0 Å². The summed E-state index contributed by atoms with van der Waals surface area (Å²) in [5.74, 6) is 0.0656. The Morgan fingerprint density at radius 1 is 1.50 bits per heavy atom. The topological polar surface area (TPSA) is 54.0 Å². The second-order valence-electron chi connectivity index (χ2n) is 4.02. The first-order valence-corrected chi connectivity index (χ1v) is 6.39. The van der Waals surface area contributed by atoms with Crippen molar-refractivity contribution in [3.8, 4) is 0 Å². The van der Waals surface area contributed by atoms with E-state index in [-0.39, 0.29) is 11.9 Å². The van der Waals surface area contributed by atoms with E-state index in [9.17, 15) is 4.79 Å². The molecule has 0 aromatic carbocycles. The summed E-state index contributed by atoms with van der Waals surface area (Å²) in [4.78, 5) is 15.7. The smallest absolute Gasteiger partial charge is 0.221 e. The fraction of sp³-hybridized carbons (Fsp3) is 0.636. The molecule has 1 atom stereocenters. The third-order valence-electron chi connectivity index (χ3n) is 2.10. The van der Waals surface area contributed by atoms with Gasteiger partial charge in [0.2, 0.25) is 5.91 Å². The molecule has 0 aliphatic rings. The Bertz CT molecular complexity index is 311. The highest BCUT2D eigenvalue weighted by atomic mass is 32.1. The van der Waals surface area contributed by atoms with Crippen LogP contribution in [0.15, 0.2) is 11.6 Å². The molecule has 1 rings (SSSR count). The Morgan fingerprint density at radius 3 is 2.81 bits per heavy atom. The number of hydrogen-bond donors (Lipinski definition) is 2. The molecule has 4 nitrogen and oxygen atoms in total. The largest absolute Gasteiger partial charge is 0.347 e. The van der Waals surface area contributed by atoms with Crippen molar-refractivity contribution in [2.75, 3.05) is 6.54 Å². The quantitative estimate of drug-likeness (QED) is 0.797. The predicted octanol–water partition coefficient (Wildman–Crippen LogP) is 1.71. The summed E-state index contributed by atoms with van der Waals surface area (Å²) in [5, 5.41) is 9.00. The van der Waals surface area contributed by atoms with Gasteiger partial charge >= 0.3 is 0 Å². The van der Waals surface area contributed by atoms with Crippen LogP contribution in [0.4, 0.5) is 0 Å². The number of amides is 1. The van der Waals surface area contributed by atoms with Crippen molar-refractivity contribution in [3.05, 3.63) is 16.6 Å². The van der Waals surface area contributed by atoms with Gasteiger partial charge in [0.1, 0.15) is 5.01 Å². The highest BCUT2D eigenvalue weighted by molar-refractivity contribution is 7.09. The van der Waals surface area contributed by atoms with Crippen LogP contribution in [0.5, 0.6) is 0 Å². The van der Waals surface area contributed by atoms with E-state index in [1.54, 1.807) is 17.5 Å². The summed E-state index contributed by atoms with van der Waals surface area (Å²) in [6.45, 7) is 6.80. The van der Waals surface area contributed by atoms with E-state index >= 15 is 0 Å².